The van der Waals surface area contributed by atoms with Crippen molar-refractivity contribution in [1.29, 1.82) is 0 Å². The third-order valence-corrected chi connectivity index (χ3v) is 5.24. The number of nitrogens with one attached hydrogen (secondary N) is 1. The number of para-hydroxylation sites is 1. The van der Waals surface area contributed by atoms with E-state index in [1.807, 2.05) is 12.1 Å². The van der Waals surface area contributed by atoms with Gasteiger partial charge >= 0.3 is 6.03 Å². The van der Waals surface area contributed by atoms with Gasteiger partial charge in [0.15, 0.2) is 11.5 Å². The van der Waals surface area contributed by atoms with Gasteiger partial charge in [-0.1, -0.05) is 36.4 Å². The second-order valence-electron chi connectivity index (χ2n) is 7.58. The molecule has 3 aromatic carbocycles. The van der Waals surface area contributed by atoms with Gasteiger partial charge in [0, 0.05) is 5.56 Å². The van der Waals surface area contributed by atoms with E-state index in [0.29, 0.717) is 29.2 Å². The molecule has 0 saturated carbocycles. The number of methoxy groups -OCH3 is 1. The van der Waals surface area contributed by atoms with Crippen LogP contribution in [0.3, 0.4) is 0 Å². The fourth-order valence-corrected chi connectivity index (χ4v) is 3.64. The predicted molar refractivity (Wildman–Crippen MR) is 128 cm³/mol. The number of ether oxygens (including phenoxy) is 2. The Morgan fingerprint density at radius 1 is 1.06 bits per heavy atom. The Bertz CT molecular complexity index is 1250. The number of benzene rings is 3. The number of rotatable bonds is 8. The number of halogens is 1. The Balaban J connectivity index is 1.63. The van der Waals surface area contributed by atoms with Gasteiger partial charge in [-0.3, -0.25) is 4.79 Å². The van der Waals surface area contributed by atoms with Gasteiger partial charge < -0.3 is 14.8 Å². The van der Waals surface area contributed by atoms with E-state index in [-0.39, 0.29) is 18.1 Å². The van der Waals surface area contributed by atoms with Crippen LogP contribution in [-0.2, 0) is 17.8 Å². The molecule has 1 saturated heterocycles. The second-order valence-corrected chi connectivity index (χ2v) is 7.58. The zero-order valence-corrected chi connectivity index (χ0v) is 18.6. The lowest BCUT2D eigenvalue weighted by atomic mass is 10.0. The number of nitrogens with zero attached hydrogens (tertiary/aromatic N) is 1. The summed E-state index contributed by atoms with van der Waals surface area (Å²) < 4.78 is 24.8. The summed E-state index contributed by atoms with van der Waals surface area (Å²) in [6.07, 6.45) is 3.82. The summed E-state index contributed by atoms with van der Waals surface area (Å²) in [7, 11) is 1.52. The number of carbonyl (C=O) groups is 2. The summed E-state index contributed by atoms with van der Waals surface area (Å²) >= 11 is 0. The van der Waals surface area contributed by atoms with Crippen LogP contribution < -0.4 is 19.7 Å². The van der Waals surface area contributed by atoms with Gasteiger partial charge in [-0.2, -0.15) is 0 Å². The van der Waals surface area contributed by atoms with Gasteiger partial charge in [-0.05, 0) is 60.0 Å². The third kappa shape index (κ3) is 4.83. The van der Waals surface area contributed by atoms with Crippen molar-refractivity contribution in [2.45, 2.75) is 13.0 Å². The molecule has 0 bridgehead atoms. The standard InChI is InChI=1S/C27H23FN2O4/c1-3-7-20-14-19(15-23-26(31)30(27(32)29-23)22-8-5-4-6-9-22)16-24(33-2)25(20)34-17-18-10-12-21(28)13-11-18/h3-6,8-16H,1,7,17H2,2H3,(H,29,32). The van der Waals surface area contributed by atoms with Crippen molar-refractivity contribution in [2.24, 2.45) is 0 Å². The van der Waals surface area contributed by atoms with Crippen molar-refractivity contribution in [3.63, 3.8) is 0 Å². The molecule has 1 heterocycles. The van der Waals surface area contributed by atoms with E-state index < -0.39 is 11.9 Å². The van der Waals surface area contributed by atoms with Crippen LogP contribution in [-0.4, -0.2) is 19.0 Å². The Hall–Kier alpha value is -4.39. The van der Waals surface area contributed by atoms with E-state index in [9.17, 15) is 14.0 Å². The number of urea groups is 1. The molecule has 1 fully saturated rings. The number of imide groups is 1. The number of hydrogen-bond donors (Lipinski definition) is 1. The first kappa shape index (κ1) is 22.8. The molecule has 3 amide bonds. The molecule has 1 aliphatic heterocycles. The summed E-state index contributed by atoms with van der Waals surface area (Å²) in [5.41, 5.74) is 2.89. The molecular weight excluding hydrogens is 435 g/mol. The molecule has 3 aromatic rings. The van der Waals surface area contributed by atoms with E-state index in [2.05, 4.69) is 11.9 Å². The molecule has 4 rings (SSSR count). The maximum atomic E-state index is 13.2. The highest BCUT2D eigenvalue weighted by molar-refractivity contribution is 6.28. The van der Waals surface area contributed by atoms with Gasteiger partial charge in [0.05, 0.1) is 12.8 Å². The molecule has 0 spiro atoms. The van der Waals surface area contributed by atoms with Crippen LogP contribution in [0.4, 0.5) is 14.9 Å². The molecule has 0 unspecified atom stereocenters. The quantitative estimate of drug-likeness (QED) is 0.285. The molecular formula is C27H23FN2O4. The highest BCUT2D eigenvalue weighted by atomic mass is 19.1. The zero-order chi connectivity index (χ0) is 24.1. The highest BCUT2D eigenvalue weighted by Gasteiger charge is 2.34. The van der Waals surface area contributed by atoms with Crippen molar-refractivity contribution in [2.75, 3.05) is 12.0 Å². The summed E-state index contributed by atoms with van der Waals surface area (Å²) in [4.78, 5) is 26.4. The maximum Gasteiger partial charge on any atom is 0.333 e. The molecule has 0 radical (unpaired) electrons. The molecule has 34 heavy (non-hydrogen) atoms. The van der Waals surface area contributed by atoms with E-state index in [1.54, 1.807) is 54.6 Å². The summed E-state index contributed by atoms with van der Waals surface area (Å²) in [6.45, 7) is 4.03. The van der Waals surface area contributed by atoms with Crippen LogP contribution >= 0.6 is 0 Å². The lowest BCUT2D eigenvalue weighted by Gasteiger charge is -2.16. The van der Waals surface area contributed by atoms with Crippen LogP contribution in [0.1, 0.15) is 16.7 Å². The van der Waals surface area contributed by atoms with Crippen LogP contribution in [0.5, 0.6) is 11.5 Å². The van der Waals surface area contributed by atoms with Crippen LogP contribution in [0.2, 0.25) is 0 Å². The van der Waals surface area contributed by atoms with Crippen LogP contribution in [0.25, 0.3) is 6.08 Å². The second kappa shape index (κ2) is 10.0. The average Bonchev–Trinajstić information content (AvgIpc) is 3.12. The summed E-state index contributed by atoms with van der Waals surface area (Å²) in [5, 5.41) is 2.63. The Morgan fingerprint density at radius 3 is 2.47 bits per heavy atom. The minimum Gasteiger partial charge on any atom is -0.493 e. The minimum absolute atomic E-state index is 0.153. The van der Waals surface area contributed by atoms with E-state index in [4.69, 9.17) is 9.47 Å². The van der Waals surface area contributed by atoms with Gasteiger partial charge in [0.25, 0.3) is 5.91 Å². The van der Waals surface area contributed by atoms with Crippen molar-refractivity contribution in [1.82, 2.24) is 5.32 Å². The van der Waals surface area contributed by atoms with E-state index in [0.717, 1.165) is 16.0 Å². The molecule has 1 aliphatic rings. The highest BCUT2D eigenvalue weighted by Crippen LogP contribution is 2.35. The summed E-state index contributed by atoms with van der Waals surface area (Å²) in [6, 6.07) is 17.8. The molecule has 0 aromatic heterocycles. The normalized spacial score (nSPS) is 14.3. The topological polar surface area (TPSA) is 67.9 Å². The van der Waals surface area contributed by atoms with E-state index in [1.165, 1.54) is 19.2 Å². The fraction of sp³-hybridized carbons (Fsp3) is 0.111. The monoisotopic (exact) mass is 458 g/mol. The Labute approximate surface area is 196 Å². The van der Waals surface area contributed by atoms with E-state index >= 15 is 0 Å². The van der Waals surface area contributed by atoms with Crippen LogP contribution in [0, 0.1) is 5.82 Å². The number of amides is 3. The van der Waals surface area contributed by atoms with Gasteiger partial charge in [-0.15, -0.1) is 6.58 Å². The zero-order valence-electron chi connectivity index (χ0n) is 18.6. The molecule has 172 valence electrons. The van der Waals surface area contributed by atoms with Crippen molar-refractivity contribution in [3.05, 3.63) is 108 Å². The number of allylic oxidation sites excluding steroid dienone is 1. The van der Waals surface area contributed by atoms with Gasteiger partial charge in [-0.25, -0.2) is 14.1 Å². The first-order valence-electron chi connectivity index (χ1n) is 10.6. The predicted octanol–water partition coefficient (Wildman–Crippen LogP) is 5.24. The largest absolute Gasteiger partial charge is 0.493 e. The average molecular weight is 458 g/mol. The lowest BCUT2D eigenvalue weighted by Crippen LogP contribution is -2.30. The molecule has 0 aliphatic carbocycles. The van der Waals surface area contributed by atoms with Crippen molar-refractivity contribution >= 4 is 23.7 Å². The maximum absolute atomic E-state index is 13.2. The Morgan fingerprint density at radius 2 is 1.79 bits per heavy atom. The molecule has 0 atom stereocenters. The number of carbonyl (C=O) groups excluding carboxylic acids is 2. The third-order valence-electron chi connectivity index (χ3n) is 5.24. The molecule has 1 N–H and O–H groups in total. The van der Waals surface area contributed by atoms with Crippen molar-refractivity contribution in [3.8, 4) is 11.5 Å². The molecule has 7 heteroatoms. The first-order valence-corrected chi connectivity index (χ1v) is 10.6. The SMILES string of the molecule is C=CCc1cc(C=C2NC(=O)N(c3ccccc3)C2=O)cc(OC)c1OCc1ccc(F)cc1. The smallest absolute Gasteiger partial charge is 0.333 e. The summed E-state index contributed by atoms with van der Waals surface area (Å²) in [5.74, 6) is 0.231. The lowest BCUT2D eigenvalue weighted by molar-refractivity contribution is -0.113. The number of anilines is 1. The first-order chi connectivity index (χ1) is 16.5. The van der Waals surface area contributed by atoms with Gasteiger partial charge in [0.2, 0.25) is 0 Å². The van der Waals surface area contributed by atoms with Crippen LogP contribution in [0.15, 0.2) is 85.1 Å². The Kier molecular flexibility index (Phi) is 6.73. The van der Waals surface area contributed by atoms with Crippen molar-refractivity contribution < 1.29 is 23.5 Å². The minimum atomic E-state index is -0.514. The number of hydrogen-bond acceptors (Lipinski definition) is 4. The van der Waals surface area contributed by atoms with Gasteiger partial charge in [0.1, 0.15) is 18.1 Å². The molecule has 6 nitrogen and oxygen atoms in total. The fourth-order valence-electron chi connectivity index (χ4n) is 3.64.